The number of aryl methyl sites for hydroxylation is 1. The van der Waals surface area contributed by atoms with Gasteiger partial charge in [-0.05, 0) is 17.7 Å². The molecule has 1 aromatic carbocycles. The standard InChI is InChI=1S/C14H11N3O3/c1-17-6-10(11-12(17)13(18)16-7-15-11)8-3-2-4-9(5-8)14(19)20/h2-7H,1H3,(H,19,20)(H,15,16,18). The summed E-state index contributed by atoms with van der Waals surface area (Å²) in [6.07, 6.45) is 3.11. The Balaban J connectivity index is 2.30. The molecule has 0 amide bonds. The molecular weight excluding hydrogens is 258 g/mol. The first kappa shape index (κ1) is 12.2. The first-order valence-corrected chi connectivity index (χ1v) is 5.94. The Bertz CT molecular complexity index is 877. The lowest BCUT2D eigenvalue weighted by Gasteiger charge is -2.00. The van der Waals surface area contributed by atoms with Gasteiger partial charge in [-0.1, -0.05) is 12.1 Å². The molecule has 0 atom stereocenters. The third kappa shape index (κ3) is 1.78. The van der Waals surface area contributed by atoms with Crippen molar-refractivity contribution in [2.45, 2.75) is 0 Å². The number of aromatic carboxylic acids is 1. The van der Waals surface area contributed by atoms with Crippen LogP contribution in [0.25, 0.3) is 22.2 Å². The van der Waals surface area contributed by atoms with Crippen molar-refractivity contribution < 1.29 is 9.90 Å². The van der Waals surface area contributed by atoms with E-state index in [4.69, 9.17) is 5.11 Å². The molecule has 0 aliphatic heterocycles. The van der Waals surface area contributed by atoms with Gasteiger partial charge in [-0.15, -0.1) is 0 Å². The lowest BCUT2D eigenvalue weighted by atomic mass is 10.0. The summed E-state index contributed by atoms with van der Waals surface area (Å²) in [7, 11) is 1.75. The number of carboxylic acids is 1. The van der Waals surface area contributed by atoms with E-state index in [0.29, 0.717) is 16.6 Å². The summed E-state index contributed by atoms with van der Waals surface area (Å²) in [5, 5.41) is 9.04. The number of rotatable bonds is 2. The van der Waals surface area contributed by atoms with Crippen molar-refractivity contribution in [3.63, 3.8) is 0 Å². The van der Waals surface area contributed by atoms with Crippen LogP contribution in [0.4, 0.5) is 0 Å². The number of nitrogens with zero attached hydrogens (tertiary/aromatic N) is 2. The molecule has 0 fully saturated rings. The van der Waals surface area contributed by atoms with E-state index in [2.05, 4.69) is 9.97 Å². The highest BCUT2D eigenvalue weighted by atomic mass is 16.4. The Labute approximate surface area is 113 Å². The predicted molar refractivity (Wildman–Crippen MR) is 73.7 cm³/mol. The van der Waals surface area contributed by atoms with Gasteiger partial charge in [0.05, 0.1) is 11.9 Å². The smallest absolute Gasteiger partial charge is 0.335 e. The summed E-state index contributed by atoms with van der Waals surface area (Å²) in [6.45, 7) is 0. The van der Waals surface area contributed by atoms with Crippen LogP contribution in [0.1, 0.15) is 10.4 Å². The summed E-state index contributed by atoms with van der Waals surface area (Å²) in [5.74, 6) is -0.988. The van der Waals surface area contributed by atoms with Crippen LogP contribution in [0, 0.1) is 0 Å². The summed E-state index contributed by atoms with van der Waals surface area (Å²) in [6, 6.07) is 6.56. The molecule has 3 aromatic rings. The van der Waals surface area contributed by atoms with Crippen LogP contribution in [0.3, 0.4) is 0 Å². The van der Waals surface area contributed by atoms with E-state index in [1.165, 1.54) is 12.4 Å². The fraction of sp³-hybridized carbons (Fsp3) is 0.0714. The highest BCUT2D eigenvalue weighted by Crippen LogP contribution is 2.27. The van der Waals surface area contributed by atoms with Crippen molar-refractivity contribution in [3.8, 4) is 11.1 Å². The lowest BCUT2D eigenvalue weighted by Crippen LogP contribution is -2.08. The molecule has 0 bridgehead atoms. The number of nitrogens with one attached hydrogen (secondary N) is 1. The molecule has 6 nitrogen and oxygen atoms in total. The van der Waals surface area contributed by atoms with E-state index in [9.17, 15) is 9.59 Å². The van der Waals surface area contributed by atoms with E-state index in [1.54, 1.807) is 36.0 Å². The Kier molecular flexibility index (Phi) is 2.64. The van der Waals surface area contributed by atoms with Crippen molar-refractivity contribution >= 4 is 17.0 Å². The maximum atomic E-state index is 11.8. The Morgan fingerprint density at radius 1 is 1.40 bits per heavy atom. The van der Waals surface area contributed by atoms with Gasteiger partial charge in [0.1, 0.15) is 11.0 Å². The van der Waals surface area contributed by atoms with Gasteiger partial charge < -0.3 is 14.7 Å². The van der Waals surface area contributed by atoms with Crippen LogP contribution in [-0.4, -0.2) is 25.6 Å². The monoisotopic (exact) mass is 269 g/mol. The number of hydrogen-bond acceptors (Lipinski definition) is 3. The molecule has 100 valence electrons. The first-order chi connectivity index (χ1) is 9.58. The summed E-state index contributed by atoms with van der Waals surface area (Å²) < 4.78 is 1.68. The number of fused-ring (bicyclic) bond motifs is 1. The normalized spacial score (nSPS) is 10.8. The fourth-order valence-electron chi connectivity index (χ4n) is 2.27. The van der Waals surface area contributed by atoms with Gasteiger partial charge in [-0.3, -0.25) is 4.79 Å². The molecule has 2 N–H and O–H groups in total. The van der Waals surface area contributed by atoms with Crippen molar-refractivity contribution in [3.05, 3.63) is 52.7 Å². The second kappa shape index (κ2) is 4.34. The summed E-state index contributed by atoms with van der Waals surface area (Å²) in [5.41, 5.74) is 2.44. The summed E-state index contributed by atoms with van der Waals surface area (Å²) in [4.78, 5) is 29.6. The lowest BCUT2D eigenvalue weighted by molar-refractivity contribution is 0.0697. The van der Waals surface area contributed by atoms with Crippen LogP contribution in [0.5, 0.6) is 0 Å². The van der Waals surface area contributed by atoms with Gasteiger partial charge in [0, 0.05) is 18.8 Å². The Morgan fingerprint density at radius 2 is 2.20 bits per heavy atom. The largest absolute Gasteiger partial charge is 0.478 e. The minimum absolute atomic E-state index is 0.198. The molecule has 2 aromatic heterocycles. The van der Waals surface area contributed by atoms with Crippen molar-refractivity contribution in [1.82, 2.24) is 14.5 Å². The van der Waals surface area contributed by atoms with E-state index in [-0.39, 0.29) is 11.1 Å². The van der Waals surface area contributed by atoms with Gasteiger partial charge in [0.15, 0.2) is 0 Å². The summed E-state index contributed by atoms with van der Waals surface area (Å²) >= 11 is 0. The van der Waals surface area contributed by atoms with E-state index < -0.39 is 5.97 Å². The second-order valence-corrected chi connectivity index (χ2v) is 4.47. The minimum Gasteiger partial charge on any atom is -0.478 e. The number of carbonyl (C=O) groups is 1. The third-order valence-corrected chi connectivity index (χ3v) is 3.18. The highest BCUT2D eigenvalue weighted by Gasteiger charge is 2.13. The molecule has 0 aliphatic carbocycles. The van der Waals surface area contributed by atoms with Gasteiger partial charge in [-0.25, -0.2) is 9.78 Å². The molecule has 6 heteroatoms. The molecule has 0 unspecified atom stereocenters. The zero-order valence-corrected chi connectivity index (χ0v) is 10.6. The minimum atomic E-state index is -0.988. The predicted octanol–water partition coefficient (Wildman–Crippen LogP) is 1.63. The maximum Gasteiger partial charge on any atom is 0.335 e. The molecule has 0 radical (unpaired) electrons. The second-order valence-electron chi connectivity index (χ2n) is 4.47. The van der Waals surface area contributed by atoms with Crippen LogP contribution >= 0.6 is 0 Å². The molecule has 0 saturated carbocycles. The average molecular weight is 269 g/mol. The fourth-order valence-corrected chi connectivity index (χ4v) is 2.27. The van der Waals surface area contributed by atoms with E-state index in [0.717, 1.165) is 5.56 Å². The molecular formula is C14H11N3O3. The average Bonchev–Trinajstić information content (AvgIpc) is 2.78. The van der Waals surface area contributed by atoms with Gasteiger partial charge in [0.25, 0.3) is 5.56 Å². The number of aromatic amines is 1. The topological polar surface area (TPSA) is 88.0 Å². The molecule has 0 saturated heterocycles. The Hall–Kier alpha value is -2.89. The molecule has 3 rings (SSSR count). The molecule has 20 heavy (non-hydrogen) atoms. The van der Waals surface area contributed by atoms with Gasteiger partial charge in [-0.2, -0.15) is 0 Å². The highest BCUT2D eigenvalue weighted by molar-refractivity contribution is 5.95. The van der Waals surface area contributed by atoms with Crippen molar-refractivity contribution in [1.29, 1.82) is 0 Å². The molecule has 0 spiro atoms. The number of carboxylic acid groups (broad SMARTS) is 1. The van der Waals surface area contributed by atoms with Crippen LogP contribution in [0.15, 0.2) is 41.6 Å². The van der Waals surface area contributed by atoms with Crippen molar-refractivity contribution in [2.24, 2.45) is 7.05 Å². The number of hydrogen-bond donors (Lipinski definition) is 2. The number of benzene rings is 1. The van der Waals surface area contributed by atoms with Gasteiger partial charge >= 0.3 is 5.97 Å². The van der Waals surface area contributed by atoms with E-state index >= 15 is 0 Å². The quantitative estimate of drug-likeness (QED) is 0.740. The zero-order chi connectivity index (χ0) is 14.3. The molecule has 0 aliphatic rings. The maximum absolute atomic E-state index is 11.8. The Morgan fingerprint density at radius 3 is 2.95 bits per heavy atom. The van der Waals surface area contributed by atoms with Crippen LogP contribution in [-0.2, 0) is 7.05 Å². The zero-order valence-electron chi connectivity index (χ0n) is 10.6. The van der Waals surface area contributed by atoms with E-state index in [1.807, 2.05) is 0 Å². The number of H-pyrrole nitrogens is 1. The van der Waals surface area contributed by atoms with Crippen LogP contribution < -0.4 is 5.56 Å². The first-order valence-electron chi connectivity index (χ1n) is 5.94. The van der Waals surface area contributed by atoms with Crippen LogP contribution in [0.2, 0.25) is 0 Å². The van der Waals surface area contributed by atoms with Crippen molar-refractivity contribution in [2.75, 3.05) is 0 Å². The van der Waals surface area contributed by atoms with Gasteiger partial charge in [0.2, 0.25) is 0 Å². The SMILES string of the molecule is Cn1cc(-c2cccc(C(=O)O)c2)c2nc[nH]c(=O)c21. The number of aromatic nitrogens is 3. The molecule has 2 heterocycles. The third-order valence-electron chi connectivity index (χ3n) is 3.18.